The van der Waals surface area contributed by atoms with Crippen LogP contribution in [0.2, 0.25) is 5.02 Å². The number of benzene rings is 1. The van der Waals surface area contributed by atoms with Crippen molar-refractivity contribution >= 4 is 17.5 Å². The van der Waals surface area contributed by atoms with Crippen LogP contribution in [0.3, 0.4) is 0 Å². The summed E-state index contributed by atoms with van der Waals surface area (Å²) in [5.74, 6) is -1.76. The number of carbonyl (C=O) groups excluding carboxylic acids is 1. The molecule has 0 fully saturated rings. The highest BCUT2D eigenvalue weighted by Crippen LogP contribution is 2.22. The van der Waals surface area contributed by atoms with Crippen LogP contribution in [-0.4, -0.2) is 18.1 Å². The zero-order valence-electron chi connectivity index (χ0n) is 9.31. The molecule has 1 aromatic rings. The lowest BCUT2D eigenvalue weighted by atomic mass is 10.1. The van der Waals surface area contributed by atoms with Gasteiger partial charge >= 0.3 is 6.18 Å². The Morgan fingerprint density at radius 3 is 2.61 bits per heavy atom. The van der Waals surface area contributed by atoms with Gasteiger partial charge in [-0.05, 0) is 25.1 Å². The van der Waals surface area contributed by atoms with E-state index in [-0.39, 0.29) is 10.6 Å². The van der Waals surface area contributed by atoms with E-state index in [0.29, 0.717) is 0 Å². The summed E-state index contributed by atoms with van der Waals surface area (Å²) in [4.78, 5) is 11.5. The third-order valence-electron chi connectivity index (χ3n) is 2.09. The van der Waals surface area contributed by atoms with Crippen molar-refractivity contribution < 1.29 is 22.4 Å². The number of nitrogens with one attached hydrogen (secondary N) is 1. The summed E-state index contributed by atoms with van der Waals surface area (Å²) >= 11 is 5.58. The van der Waals surface area contributed by atoms with Crippen molar-refractivity contribution in [3.63, 3.8) is 0 Å². The molecule has 100 valence electrons. The second-order valence-electron chi connectivity index (χ2n) is 3.82. The third kappa shape index (κ3) is 4.52. The van der Waals surface area contributed by atoms with Gasteiger partial charge in [-0.3, -0.25) is 4.79 Å². The Hall–Kier alpha value is -1.30. The van der Waals surface area contributed by atoms with Crippen LogP contribution in [0.4, 0.5) is 17.6 Å². The van der Waals surface area contributed by atoms with Gasteiger partial charge in [-0.15, -0.1) is 0 Å². The van der Waals surface area contributed by atoms with Crippen LogP contribution in [0.25, 0.3) is 0 Å². The van der Waals surface area contributed by atoms with E-state index in [2.05, 4.69) is 5.32 Å². The zero-order valence-corrected chi connectivity index (χ0v) is 10.1. The normalized spacial score (nSPS) is 13.2. The highest BCUT2D eigenvalue weighted by atomic mass is 35.5. The Morgan fingerprint density at radius 1 is 1.44 bits per heavy atom. The SMILES string of the molecule is CC(CC(F)(F)F)NC(=O)c1cc(Cl)ccc1F. The Balaban J connectivity index is 2.74. The van der Waals surface area contributed by atoms with Gasteiger partial charge in [0.25, 0.3) is 5.91 Å². The minimum absolute atomic E-state index is 0.130. The molecular formula is C11H10ClF4NO. The van der Waals surface area contributed by atoms with E-state index >= 15 is 0 Å². The molecule has 0 aromatic heterocycles. The Kier molecular flexibility index (Phi) is 4.56. The molecule has 0 saturated heterocycles. The summed E-state index contributed by atoms with van der Waals surface area (Å²) in [6, 6.07) is 2.14. The molecule has 0 heterocycles. The van der Waals surface area contributed by atoms with Crippen LogP contribution in [0.5, 0.6) is 0 Å². The van der Waals surface area contributed by atoms with E-state index < -0.39 is 30.4 Å². The molecule has 1 amide bonds. The lowest BCUT2D eigenvalue weighted by Crippen LogP contribution is -2.36. The number of hydrogen-bond acceptors (Lipinski definition) is 1. The van der Waals surface area contributed by atoms with E-state index in [9.17, 15) is 22.4 Å². The Labute approximate surface area is 106 Å². The number of amides is 1. The van der Waals surface area contributed by atoms with E-state index in [0.717, 1.165) is 12.1 Å². The largest absolute Gasteiger partial charge is 0.391 e. The summed E-state index contributed by atoms with van der Waals surface area (Å²) < 4.78 is 49.4. The quantitative estimate of drug-likeness (QED) is 0.845. The highest BCUT2D eigenvalue weighted by Gasteiger charge is 2.30. The molecule has 1 atom stereocenters. The second-order valence-corrected chi connectivity index (χ2v) is 4.25. The number of rotatable bonds is 3. The minimum Gasteiger partial charge on any atom is -0.349 e. The minimum atomic E-state index is -4.39. The number of alkyl halides is 3. The van der Waals surface area contributed by atoms with Gasteiger partial charge in [0.2, 0.25) is 0 Å². The van der Waals surface area contributed by atoms with Crippen LogP contribution in [0, 0.1) is 5.82 Å². The summed E-state index contributed by atoms with van der Waals surface area (Å²) in [5.41, 5.74) is -0.378. The fourth-order valence-electron chi connectivity index (χ4n) is 1.37. The van der Waals surface area contributed by atoms with Crippen molar-refractivity contribution in [3.8, 4) is 0 Å². The summed E-state index contributed by atoms with van der Waals surface area (Å²) in [6.45, 7) is 1.19. The Morgan fingerprint density at radius 2 is 2.06 bits per heavy atom. The first kappa shape index (κ1) is 14.8. The molecule has 0 saturated carbocycles. The number of halogens is 5. The van der Waals surface area contributed by atoms with Gasteiger partial charge in [-0.2, -0.15) is 13.2 Å². The second kappa shape index (κ2) is 5.56. The van der Waals surface area contributed by atoms with Crippen molar-refractivity contribution in [1.82, 2.24) is 5.32 Å². The zero-order chi connectivity index (χ0) is 13.9. The number of carbonyl (C=O) groups is 1. The lowest BCUT2D eigenvalue weighted by molar-refractivity contribution is -0.138. The van der Waals surface area contributed by atoms with Crippen LogP contribution < -0.4 is 5.32 Å². The van der Waals surface area contributed by atoms with E-state index in [1.807, 2.05) is 0 Å². The molecule has 1 aromatic carbocycles. The maximum atomic E-state index is 13.3. The molecule has 1 rings (SSSR count). The van der Waals surface area contributed by atoms with Crippen LogP contribution >= 0.6 is 11.6 Å². The molecule has 0 spiro atoms. The summed E-state index contributed by atoms with van der Waals surface area (Å²) in [6.07, 6.45) is -5.57. The van der Waals surface area contributed by atoms with Crippen LogP contribution in [0.1, 0.15) is 23.7 Å². The van der Waals surface area contributed by atoms with Crippen molar-refractivity contribution in [2.24, 2.45) is 0 Å². The van der Waals surface area contributed by atoms with Gasteiger partial charge in [0.05, 0.1) is 12.0 Å². The van der Waals surface area contributed by atoms with Gasteiger partial charge in [-0.25, -0.2) is 4.39 Å². The molecule has 0 aliphatic carbocycles. The molecular weight excluding hydrogens is 274 g/mol. The first-order valence-corrected chi connectivity index (χ1v) is 5.39. The highest BCUT2D eigenvalue weighted by molar-refractivity contribution is 6.31. The van der Waals surface area contributed by atoms with Gasteiger partial charge < -0.3 is 5.32 Å². The fraction of sp³-hybridized carbons (Fsp3) is 0.364. The Bertz CT molecular complexity index is 447. The van der Waals surface area contributed by atoms with Gasteiger partial charge in [0.15, 0.2) is 0 Å². The van der Waals surface area contributed by atoms with Crippen molar-refractivity contribution in [2.45, 2.75) is 25.6 Å². The number of hydrogen-bond donors (Lipinski definition) is 1. The van der Waals surface area contributed by atoms with Crippen LogP contribution in [0.15, 0.2) is 18.2 Å². The molecule has 0 radical (unpaired) electrons. The maximum absolute atomic E-state index is 13.3. The van der Waals surface area contributed by atoms with Crippen LogP contribution in [-0.2, 0) is 0 Å². The van der Waals surface area contributed by atoms with E-state index in [4.69, 9.17) is 11.6 Å². The van der Waals surface area contributed by atoms with E-state index in [1.54, 1.807) is 0 Å². The summed E-state index contributed by atoms with van der Waals surface area (Å²) in [5, 5.41) is 2.19. The first-order chi connectivity index (χ1) is 8.19. The standard InChI is InChI=1S/C11H10ClF4NO/c1-6(5-11(14,15)16)17-10(18)8-4-7(12)2-3-9(8)13/h2-4,6H,5H2,1H3,(H,17,18). The average Bonchev–Trinajstić information content (AvgIpc) is 2.18. The molecule has 1 N–H and O–H groups in total. The van der Waals surface area contributed by atoms with Crippen molar-refractivity contribution in [3.05, 3.63) is 34.6 Å². The molecule has 0 aliphatic heterocycles. The van der Waals surface area contributed by atoms with Crippen molar-refractivity contribution in [2.75, 3.05) is 0 Å². The van der Waals surface area contributed by atoms with E-state index in [1.165, 1.54) is 13.0 Å². The summed E-state index contributed by atoms with van der Waals surface area (Å²) in [7, 11) is 0. The molecule has 7 heteroatoms. The molecule has 0 bridgehead atoms. The molecule has 1 unspecified atom stereocenters. The molecule has 0 aliphatic rings. The molecule has 2 nitrogen and oxygen atoms in total. The first-order valence-electron chi connectivity index (χ1n) is 5.01. The van der Waals surface area contributed by atoms with Crippen molar-refractivity contribution in [1.29, 1.82) is 0 Å². The predicted octanol–water partition coefficient (Wildman–Crippen LogP) is 3.55. The lowest BCUT2D eigenvalue weighted by Gasteiger charge is -2.16. The smallest absolute Gasteiger partial charge is 0.349 e. The predicted molar refractivity (Wildman–Crippen MR) is 59.0 cm³/mol. The topological polar surface area (TPSA) is 29.1 Å². The average molecular weight is 284 g/mol. The third-order valence-corrected chi connectivity index (χ3v) is 2.32. The van der Waals surface area contributed by atoms with Gasteiger partial charge in [0, 0.05) is 11.1 Å². The van der Waals surface area contributed by atoms with Gasteiger partial charge in [0.1, 0.15) is 5.82 Å². The van der Waals surface area contributed by atoms with Gasteiger partial charge in [-0.1, -0.05) is 11.6 Å². The molecule has 18 heavy (non-hydrogen) atoms. The monoisotopic (exact) mass is 283 g/mol. The maximum Gasteiger partial charge on any atom is 0.391 e. The fourth-order valence-corrected chi connectivity index (χ4v) is 1.54.